The molecule has 2 N–H and O–H groups in total. The van der Waals surface area contributed by atoms with E-state index in [1.165, 1.54) is 18.9 Å². The predicted molar refractivity (Wildman–Crippen MR) is 77.6 cm³/mol. The molecular weight excluding hydrogens is 276 g/mol. The number of carbonyl (C=O) groups is 1. The Balaban J connectivity index is 2.14. The van der Waals surface area contributed by atoms with Crippen LogP contribution in [0.2, 0.25) is 0 Å². The highest BCUT2D eigenvalue weighted by molar-refractivity contribution is 7.99. The zero-order valence-electron chi connectivity index (χ0n) is 12.4. The number of aromatic nitrogens is 3. The van der Waals surface area contributed by atoms with E-state index in [1.807, 2.05) is 20.8 Å². The average molecular weight is 298 g/mol. The first kappa shape index (κ1) is 15.3. The van der Waals surface area contributed by atoms with E-state index in [4.69, 9.17) is 4.74 Å². The van der Waals surface area contributed by atoms with E-state index in [2.05, 4.69) is 20.5 Å². The number of rotatable bonds is 7. The fourth-order valence-corrected chi connectivity index (χ4v) is 3.51. The number of aryl methyl sites for hydroxylation is 1. The van der Waals surface area contributed by atoms with Crippen molar-refractivity contribution in [3.8, 4) is 0 Å². The summed E-state index contributed by atoms with van der Waals surface area (Å²) in [6.07, 6.45) is 2.12. The largest absolute Gasteiger partial charge is 0.468 e. The molecule has 0 spiro atoms. The van der Waals surface area contributed by atoms with Crippen LogP contribution >= 0.6 is 11.8 Å². The molecule has 1 aliphatic carbocycles. The normalized spacial score (nSPS) is 18.1. The van der Waals surface area contributed by atoms with Crippen LogP contribution in [-0.4, -0.2) is 45.6 Å². The standard InChI is InChI=1S/C13H22N4O2S/c1-8(2)15-13(10-5-6-10,11(18)19-4)7-20-12-14-9(3)16-17-12/h8,10,15H,5-7H2,1-4H3,(H,14,16,17). The van der Waals surface area contributed by atoms with Crippen LogP contribution < -0.4 is 5.32 Å². The Morgan fingerprint density at radius 3 is 2.75 bits per heavy atom. The Morgan fingerprint density at radius 1 is 1.60 bits per heavy atom. The van der Waals surface area contributed by atoms with Gasteiger partial charge in [-0.1, -0.05) is 11.8 Å². The van der Waals surface area contributed by atoms with E-state index in [9.17, 15) is 4.79 Å². The number of nitrogens with zero attached hydrogens (tertiary/aromatic N) is 2. The van der Waals surface area contributed by atoms with Gasteiger partial charge in [0.1, 0.15) is 11.4 Å². The number of ether oxygens (including phenoxy) is 1. The van der Waals surface area contributed by atoms with E-state index in [1.54, 1.807) is 0 Å². The Labute approximate surface area is 123 Å². The molecule has 2 rings (SSSR count). The second kappa shape index (κ2) is 6.13. The monoisotopic (exact) mass is 298 g/mol. The zero-order valence-corrected chi connectivity index (χ0v) is 13.2. The highest BCUT2D eigenvalue weighted by Gasteiger charge is 2.52. The second-order valence-electron chi connectivity index (χ2n) is 5.53. The molecule has 1 atom stereocenters. The summed E-state index contributed by atoms with van der Waals surface area (Å²) in [5, 5.41) is 11.0. The summed E-state index contributed by atoms with van der Waals surface area (Å²) in [4.78, 5) is 16.6. The van der Waals surface area contributed by atoms with Gasteiger partial charge >= 0.3 is 5.97 Å². The summed E-state index contributed by atoms with van der Waals surface area (Å²) in [7, 11) is 1.45. The van der Waals surface area contributed by atoms with Crippen LogP contribution in [-0.2, 0) is 9.53 Å². The summed E-state index contributed by atoms with van der Waals surface area (Å²) in [5.41, 5.74) is -0.637. The van der Waals surface area contributed by atoms with Crippen molar-refractivity contribution < 1.29 is 9.53 Å². The summed E-state index contributed by atoms with van der Waals surface area (Å²) in [6.45, 7) is 5.95. The third-order valence-electron chi connectivity index (χ3n) is 3.38. The lowest BCUT2D eigenvalue weighted by molar-refractivity contribution is -0.148. The highest BCUT2D eigenvalue weighted by Crippen LogP contribution is 2.43. The maximum Gasteiger partial charge on any atom is 0.327 e. The molecule has 1 unspecified atom stereocenters. The maximum absolute atomic E-state index is 12.3. The lowest BCUT2D eigenvalue weighted by Gasteiger charge is -2.33. The summed E-state index contributed by atoms with van der Waals surface area (Å²) in [5.74, 6) is 1.51. The molecule has 0 radical (unpaired) electrons. The molecule has 1 heterocycles. The van der Waals surface area contributed by atoms with Gasteiger partial charge < -0.3 is 4.74 Å². The molecule has 6 nitrogen and oxygen atoms in total. The van der Waals surface area contributed by atoms with Crippen LogP contribution in [0.4, 0.5) is 0 Å². The average Bonchev–Trinajstić information content (AvgIpc) is 3.17. The van der Waals surface area contributed by atoms with Crippen LogP contribution in [0.15, 0.2) is 5.16 Å². The highest BCUT2D eigenvalue weighted by atomic mass is 32.2. The number of H-pyrrole nitrogens is 1. The minimum atomic E-state index is -0.637. The van der Waals surface area contributed by atoms with E-state index in [-0.39, 0.29) is 12.0 Å². The van der Waals surface area contributed by atoms with Gasteiger partial charge in [0.25, 0.3) is 0 Å². The first-order valence-electron chi connectivity index (χ1n) is 6.86. The molecule has 1 fully saturated rings. The van der Waals surface area contributed by atoms with Gasteiger partial charge in [0.2, 0.25) is 5.16 Å². The van der Waals surface area contributed by atoms with Gasteiger partial charge in [-0.2, -0.15) is 0 Å². The van der Waals surface area contributed by atoms with Crippen LogP contribution in [0.5, 0.6) is 0 Å². The first-order chi connectivity index (χ1) is 9.48. The van der Waals surface area contributed by atoms with E-state index in [0.717, 1.165) is 18.7 Å². The molecule has 20 heavy (non-hydrogen) atoms. The maximum atomic E-state index is 12.3. The molecule has 1 aliphatic rings. The van der Waals surface area contributed by atoms with Crippen molar-refractivity contribution in [1.82, 2.24) is 20.5 Å². The molecule has 1 aromatic rings. The number of aromatic amines is 1. The molecule has 0 saturated heterocycles. The van der Waals surface area contributed by atoms with Gasteiger partial charge in [0, 0.05) is 11.8 Å². The molecule has 112 valence electrons. The smallest absolute Gasteiger partial charge is 0.327 e. The molecule has 1 saturated carbocycles. The van der Waals surface area contributed by atoms with Crippen LogP contribution in [0.25, 0.3) is 0 Å². The number of methoxy groups -OCH3 is 1. The summed E-state index contributed by atoms with van der Waals surface area (Å²) >= 11 is 1.49. The molecule has 0 amide bonds. The van der Waals surface area contributed by atoms with Crippen molar-refractivity contribution in [2.24, 2.45) is 5.92 Å². The Bertz CT molecular complexity index is 473. The minimum absolute atomic E-state index is 0.187. The number of thioether (sulfide) groups is 1. The molecule has 7 heteroatoms. The SMILES string of the molecule is COC(=O)C(CSc1n[nH]c(C)n1)(NC(C)C)C1CC1. The van der Waals surface area contributed by atoms with Gasteiger partial charge in [-0.15, -0.1) is 5.10 Å². The van der Waals surface area contributed by atoms with E-state index in [0.29, 0.717) is 16.8 Å². The quantitative estimate of drug-likeness (QED) is 0.587. The van der Waals surface area contributed by atoms with E-state index < -0.39 is 5.54 Å². The van der Waals surface area contributed by atoms with Crippen molar-refractivity contribution in [3.63, 3.8) is 0 Å². The van der Waals surface area contributed by atoms with Crippen molar-refractivity contribution in [2.75, 3.05) is 12.9 Å². The lowest BCUT2D eigenvalue weighted by atomic mass is 9.94. The fraction of sp³-hybridized carbons (Fsp3) is 0.769. The van der Waals surface area contributed by atoms with Crippen LogP contribution in [0.1, 0.15) is 32.5 Å². The Kier molecular flexibility index (Phi) is 4.70. The number of esters is 1. The van der Waals surface area contributed by atoms with Crippen molar-refractivity contribution >= 4 is 17.7 Å². The third-order valence-corrected chi connectivity index (χ3v) is 4.42. The van der Waals surface area contributed by atoms with Gasteiger partial charge in [-0.3, -0.25) is 15.2 Å². The summed E-state index contributed by atoms with van der Waals surface area (Å²) < 4.78 is 5.05. The van der Waals surface area contributed by atoms with Crippen LogP contribution in [0.3, 0.4) is 0 Å². The number of carbonyl (C=O) groups excluding carboxylic acids is 1. The topological polar surface area (TPSA) is 79.9 Å². The number of hydrogen-bond acceptors (Lipinski definition) is 6. The van der Waals surface area contributed by atoms with Crippen molar-refractivity contribution in [3.05, 3.63) is 5.82 Å². The minimum Gasteiger partial charge on any atom is -0.468 e. The Hall–Kier alpha value is -1.08. The van der Waals surface area contributed by atoms with Crippen molar-refractivity contribution in [2.45, 2.75) is 50.4 Å². The molecule has 0 bridgehead atoms. The van der Waals surface area contributed by atoms with Gasteiger partial charge in [0.15, 0.2) is 0 Å². The fourth-order valence-electron chi connectivity index (χ4n) is 2.40. The molecular formula is C13H22N4O2S. The molecule has 0 aromatic carbocycles. The molecule has 0 aliphatic heterocycles. The molecule has 1 aromatic heterocycles. The van der Waals surface area contributed by atoms with Crippen molar-refractivity contribution in [1.29, 1.82) is 0 Å². The predicted octanol–water partition coefficient (Wildman–Crippen LogP) is 1.53. The van der Waals surface area contributed by atoms with Gasteiger partial charge in [-0.05, 0) is 39.5 Å². The van der Waals surface area contributed by atoms with Gasteiger partial charge in [0.05, 0.1) is 7.11 Å². The van der Waals surface area contributed by atoms with Gasteiger partial charge in [-0.25, -0.2) is 4.98 Å². The Morgan fingerprint density at radius 2 is 2.30 bits per heavy atom. The number of hydrogen-bond donors (Lipinski definition) is 2. The zero-order chi connectivity index (χ0) is 14.8. The van der Waals surface area contributed by atoms with E-state index >= 15 is 0 Å². The first-order valence-corrected chi connectivity index (χ1v) is 7.84. The second-order valence-corrected chi connectivity index (χ2v) is 6.47. The lowest BCUT2D eigenvalue weighted by Crippen LogP contribution is -2.59. The third kappa shape index (κ3) is 3.32. The summed E-state index contributed by atoms with van der Waals surface area (Å²) in [6, 6.07) is 0.212. The van der Waals surface area contributed by atoms with Crippen LogP contribution in [0, 0.1) is 12.8 Å². The number of nitrogens with one attached hydrogen (secondary N) is 2.